The molecule has 0 saturated carbocycles. The molecule has 4 aromatic heterocycles. The number of pyridine rings is 1. The monoisotopic (exact) mass is 541 g/mol. The lowest BCUT2D eigenvalue weighted by Gasteiger charge is -2.12. The van der Waals surface area contributed by atoms with Crippen LogP contribution in [0.15, 0.2) is 18.3 Å². The van der Waals surface area contributed by atoms with E-state index in [2.05, 4.69) is 20.5 Å². The van der Waals surface area contributed by atoms with Crippen molar-refractivity contribution in [2.45, 2.75) is 46.5 Å². The number of nitrogens with two attached hydrogens (primary N) is 1. The molecule has 4 heterocycles. The molecule has 0 fully saturated rings. The molecule has 4 rings (SSSR count). The number of hydrogen-bond donors (Lipinski definition) is 2. The van der Waals surface area contributed by atoms with Crippen molar-refractivity contribution >= 4 is 39.1 Å². The lowest BCUT2D eigenvalue weighted by Crippen LogP contribution is -2.22. The molecule has 0 aliphatic heterocycles. The summed E-state index contributed by atoms with van der Waals surface area (Å²) in [6, 6.07) is 1.94. The van der Waals surface area contributed by atoms with Crippen LogP contribution in [0.5, 0.6) is 0 Å². The van der Waals surface area contributed by atoms with Gasteiger partial charge in [-0.05, 0) is 38.5 Å². The van der Waals surface area contributed by atoms with Crippen LogP contribution in [0, 0.1) is 13.8 Å². The van der Waals surface area contributed by atoms with E-state index in [9.17, 15) is 31.5 Å². The van der Waals surface area contributed by atoms with Gasteiger partial charge in [0.1, 0.15) is 27.6 Å². The molecular formula is C22H20F5N7O2S. The van der Waals surface area contributed by atoms with Gasteiger partial charge in [0, 0.05) is 23.7 Å². The van der Waals surface area contributed by atoms with Crippen LogP contribution >= 0.6 is 11.3 Å². The first-order valence-electron chi connectivity index (χ1n) is 10.8. The van der Waals surface area contributed by atoms with Crippen LogP contribution < -0.4 is 11.1 Å². The summed E-state index contributed by atoms with van der Waals surface area (Å²) in [4.78, 5) is 28.3. The van der Waals surface area contributed by atoms with Gasteiger partial charge in [-0.25, -0.2) is 13.8 Å². The first kappa shape index (κ1) is 26.2. The van der Waals surface area contributed by atoms with Crippen molar-refractivity contribution in [1.82, 2.24) is 24.5 Å². The second-order valence-corrected chi connectivity index (χ2v) is 9.10. The van der Waals surface area contributed by atoms with Crippen LogP contribution in [-0.2, 0) is 24.1 Å². The summed E-state index contributed by atoms with van der Waals surface area (Å²) in [6.45, 7) is 4.68. The number of nitrogens with one attached hydrogen (secondary N) is 1. The highest BCUT2D eigenvalue weighted by atomic mass is 32.1. The average Bonchev–Trinajstić information content (AvgIpc) is 3.47. The molecule has 0 bridgehead atoms. The summed E-state index contributed by atoms with van der Waals surface area (Å²) < 4.78 is 70.1. The van der Waals surface area contributed by atoms with Gasteiger partial charge in [-0.3, -0.25) is 19.0 Å². The Labute approximate surface area is 210 Å². The molecule has 0 spiro atoms. The van der Waals surface area contributed by atoms with E-state index in [1.54, 1.807) is 20.0 Å². The quantitative estimate of drug-likeness (QED) is 0.329. The highest BCUT2D eigenvalue weighted by Gasteiger charge is 2.35. The number of carbonyl (C=O) groups is 2. The SMILES string of the molecule is CCn1cc(-c2cc(C(F)(F)F)nc3sc(C(N)=O)c(NC(=O)Cn4nc(C)cc4C(F)F)c23)c(C)n1. The Kier molecular flexibility index (Phi) is 6.75. The van der Waals surface area contributed by atoms with E-state index in [0.29, 0.717) is 29.1 Å². The Balaban J connectivity index is 1.90. The van der Waals surface area contributed by atoms with E-state index in [1.165, 1.54) is 11.6 Å². The summed E-state index contributed by atoms with van der Waals surface area (Å²) in [5.74, 6) is -1.86. The molecule has 37 heavy (non-hydrogen) atoms. The number of hydrogen-bond acceptors (Lipinski definition) is 6. The van der Waals surface area contributed by atoms with Gasteiger partial charge in [0.25, 0.3) is 12.3 Å². The Bertz CT molecular complexity index is 1520. The minimum atomic E-state index is -4.80. The normalized spacial score (nSPS) is 12.0. The van der Waals surface area contributed by atoms with E-state index >= 15 is 0 Å². The number of carbonyl (C=O) groups excluding carboxylic acids is 2. The number of thiophene rings is 1. The predicted octanol–water partition coefficient (Wildman–Crippen LogP) is 4.69. The standard InChI is InChI=1S/C22H20F5N7O2S/c1-4-33-7-12(10(3)32-33)11-6-14(22(25,26)27)29-21-16(11)17(18(37-21)20(28)36)30-15(35)8-34-13(19(23)24)5-9(2)31-34/h5-7,19H,4,8H2,1-3H3,(H2,28,36)(H,30,35). The van der Waals surface area contributed by atoms with E-state index in [1.807, 2.05) is 0 Å². The van der Waals surface area contributed by atoms with Gasteiger partial charge in [-0.15, -0.1) is 11.3 Å². The minimum Gasteiger partial charge on any atom is -0.365 e. The van der Waals surface area contributed by atoms with Crippen molar-refractivity contribution in [3.63, 3.8) is 0 Å². The molecule has 2 amide bonds. The molecule has 0 aliphatic rings. The maximum absolute atomic E-state index is 13.7. The summed E-state index contributed by atoms with van der Waals surface area (Å²) in [7, 11) is 0. The lowest BCUT2D eigenvalue weighted by molar-refractivity contribution is -0.140. The number of aryl methyl sites for hydroxylation is 3. The molecule has 0 unspecified atom stereocenters. The zero-order valence-electron chi connectivity index (χ0n) is 19.7. The highest BCUT2D eigenvalue weighted by Crippen LogP contribution is 2.44. The highest BCUT2D eigenvalue weighted by molar-refractivity contribution is 7.21. The molecule has 9 nitrogen and oxygen atoms in total. The Morgan fingerprint density at radius 3 is 2.43 bits per heavy atom. The van der Waals surface area contributed by atoms with Crippen LogP contribution in [0.25, 0.3) is 21.3 Å². The van der Waals surface area contributed by atoms with E-state index in [0.717, 1.165) is 16.8 Å². The van der Waals surface area contributed by atoms with Crippen molar-refractivity contribution in [3.05, 3.63) is 46.0 Å². The maximum atomic E-state index is 13.7. The van der Waals surface area contributed by atoms with Crippen molar-refractivity contribution < 1.29 is 31.5 Å². The second kappa shape index (κ2) is 9.53. The second-order valence-electron chi connectivity index (χ2n) is 8.10. The molecule has 0 saturated heterocycles. The number of alkyl halides is 5. The molecule has 0 atom stereocenters. The van der Waals surface area contributed by atoms with Gasteiger partial charge < -0.3 is 11.1 Å². The summed E-state index contributed by atoms with van der Waals surface area (Å²) in [6.07, 6.45) is -6.16. The Hall–Kier alpha value is -3.88. The molecule has 0 radical (unpaired) electrons. The minimum absolute atomic E-state index is 0.0248. The first-order chi connectivity index (χ1) is 17.3. The number of fused-ring (bicyclic) bond motifs is 1. The van der Waals surface area contributed by atoms with Gasteiger partial charge in [0.2, 0.25) is 5.91 Å². The third kappa shape index (κ3) is 5.03. The summed E-state index contributed by atoms with van der Waals surface area (Å²) >= 11 is 0.580. The number of rotatable bonds is 7. The number of primary amides is 1. The average molecular weight is 542 g/mol. The molecule has 0 aliphatic carbocycles. The van der Waals surface area contributed by atoms with Crippen LogP contribution in [0.1, 0.15) is 45.8 Å². The number of halogens is 5. The van der Waals surface area contributed by atoms with Gasteiger partial charge >= 0.3 is 6.18 Å². The third-order valence-corrected chi connectivity index (χ3v) is 6.55. The number of anilines is 1. The molecular weight excluding hydrogens is 521 g/mol. The van der Waals surface area contributed by atoms with E-state index in [-0.39, 0.29) is 32.0 Å². The van der Waals surface area contributed by atoms with Crippen LogP contribution in [0.2, 0.25) is 0 Å². The maximum Gasteiger partial charge on any atom is 0.433 e. The van der Waals surface area contributed by atoms with Gasteiger partial charge in [0.05, 0.1) is 17.1 Å². The fourth-order valence-electron chi connectivity index (χ4n) is 3.88. The third-order valence-electron chi connectivity index (χ3n) is 5.45. The van der Waals surface area contributed by atoms with Crippen molar-refractivity contribution in [2.24, 2.45) is 5.73 Å². The van der Waals surface area contributed by atoms with Gasteiger partial charge in [0.15, 0.2) is 0 Å². The largest absolute Gasteiger partial charge is 0.433 e. The van der Waals surface area contributed by atoms with Crippen LogP contribution in [-0.4, -0.2) is 36.4 Å². The fraction of sp³-hybridized carbons (Fsp3) is 0.318. The smallest absolute Gasteiger partial charge is 0.365 e. The zero-order valence-corrected chi connectivity index (χ0v) is 20.5. The Morgan fingerprint density at radius 2 is 1.86 bits per heavy atom. The molecule has 4 aromatic rings. The van der Waals surface area contributed by atoms with Crippen LogP contribution in [0.3, 0.4) is 0 Å². The number of aromatic nitrogens is 5. The lowest BCUT2D eigenvalue weighted by atomic mass is 10.0. The first-order valence-corrected chi connectivity index (χ1v) is 11.6. The van der Waals surface area contributed by atoms with E-state index < -0.39 is 42.3 Å². The van der Waals surface area contributed by atoms with Crippen molar-refractivity contribution in [2.75, 3.05) is 5.32 Å². The summed E-state index contributed by atoms with van der Waals surface area (Å²) in [5.41, 5.74) is 4.63. The van der Waals surface area contributed by atoms with Gasteiger partial charge in [-0.1, -0.05) is 0 Å². The molecule has 3 N–H and O–H groups in total. The molecule has 0 aromatic carbocycles. The van der Waals surface area contributed by atoms with Crippen molar-refractivity contribution in [1.29, 1.82) is 0 Å². The molecule has 196 valence electrons. The predicted molar refractivity (Wildman–Crippen MR) is 125 cm³/mol. The van der Waals surface area contributed by atoms with Crippen molar-refractivity contribution in [3.8, 4) is 11.1 Å². The fourth-order valence-corrected chi connectivity index (χ4v) is 4.88. The Morgan fingerprint density at radius 1 is 1.16 bits per heavy atom. The zero-order chi connectivity index (χ0) is 27.2. The summed E-state index contributed by atoms with van der Waals surface area (Å²) in [5, 5.41) is 10.7. The van der Waals surface area contributed by atoms with E-state index in [4.69, 9.17) is 5.73 Å². The number of amides is 2. The molecule has 15 heteroatoms. The number of nitrogens with zero attached hydrogens (tertiary/aromatic N) is 5. The topological polar surface area (TPSA) is 121 Å². The van der Waals surface area contributed by atoms with Gasteiger partial charge in [-0.2, -0.15) is 23.4 Å². The van der Waals surface area contributed by atoms with Crippen LogP contribution in [0.4, 0.5) is 27.6 Å².